The Labute approximate surface area is 155 Å². The smallest absolute Gasteiger partial charge is 0.244 e. The minimum absolute atomic E-state index is 0.123. The number of furan rings is 1. The van der Waals surface area contributed by atoms with Gasteiger partial charge in [-0.3, -0.25) is 9.59 Å². The lowest BCUT2D eigenvalue weighted by atomic mass is 10.1. The van der Waals surface area contributed by atoms with E-state index in [9.17, 15) is 14.0 Å². The second kappa shape index (κ2) is 7.95. The Morgan fingerprint density at radius 1 is 1.35 bits per heavy atom. The molecular weight excluding hydrogens is 355 g/mol. The van der Waals surface area contributed by atoms with E-state index in [4.69, 9.17) is 4.42 Å². The van der Waals surface area contributed by atoms with Crippen molar-refractivity contribution in [1.82, 2.24) is 10.2 Å². The second-order valence-corrected chi connectivity index (χ2v) is 7.57. The predicted molar refractivity (Wildman–Crippen MR) is 97.6 cm³/mol. The van der Waals surface area contributed by atoms with Crippen LogP contribution in [0.3, 0.4) is 0 Å². The van der Waals surface area contributed by atoms with Crippen molar-refractivity contribution < 1.29 is 18.4 Å². The molecule has 2 atom stereocenters. The number of benzene rings is 1. The third kappa shape index (κ3) is 3.93. The van der Waals surface area contributed by atoms with E-state index in [-0.39, 0.29) is 35.5 Å². The highest BCUT2D eigenvalue weighted by molar-refractivity contribution is 7.99. The Morgan fingerprint density at radius 2 is 2.15 bits per heavy atom. The summed E-state index contributed by atoms with van der Waals surface area (Å²) < 4.78 is 18.9. The van der Waals surface area contributed by atoms with E-state index in [0.717, 1.165) is 0 Å². The third-order valence-corrected chi connectivity index (χ3v) is 5.53. The summed E-state index contributed by atoms with van der Waals surface area (Å²) >= 11 is 1.47. The molecular formula is C19H21FN2O3S. The van der Waals surface area contributed by atoms with Gasteiger partial charge in [-0.05, 0) is 29.8 Å². The van der Waals surface area contributed by atoms with Gasteiger partial charge in [0.05, 0.1) is 12.8 Å². The van der Waals surface area contributed by atoms with Gasteiger partial charge in [0.25, 0.3) is 0 Å². The molecule has 0 saturated carbocycles. The molecule has 0 bridgehead atoms. The topological polar surface area (TPSA) is 62.6 Å². The minimum atomic E-state index is -0.599. The van der Waals surface area contributed by atoms with Crippen LogP contribution in [0.2, 0.25) is 0 Å². The molecule has 2 amide bonds. The van der Waals surface area contributed by atoms with Gasteiger partial charge >= 0.3 is 0 Å². The average molecular weight is 376 g/mol. The van der Waals surface area contributed by atoms with Crippen LogP contribution in [0.25, 0.3) is 0 Å². The Balaban J connectivity index is 1.80. The molecule has 26 heavy (non-hydrogen) atoms. The van der Waals surface area contributed by atoms with Crippen molar-refractivity contribution in [1.29, 1.82) is 0 Å². The van der Waals surface area contributed by atoms with Crippen LogP contribution >= 0.6 is 11.8 Å². The molecule has 0 spiro atoms. The monoisotopic (exact) mass is 376 g/mol. The molecule has 1 fully saturated rings. The van der Waals surface area contributed by atoms with Gasteiger partial charge in [0.2, 0.25) is 11.8 Å². The fourth-order valence-electron chi connectivity index (χ4n) is 2.90. The summed E-state index contributed by atoms with van der Waals surface area (Å²) in [6, 6.07) is 9.11. The SMILES string of the molecule is CC(C)C(=O)N1C(C(=O)NCc2ccco2)CSC1c1cccc(F)c1. The normalized spacial score (nSPS) is 19.8. The third-order valence-electron chi connectivity index (χ3n) is 4.20. The molecule has 1 N–H and O–H groups in total. The molecule has 0 radical (unpaired) electrons. The molecule has 3 rings (SSSR count). The van der Waals surface area contributed by atoms with Crippen LogP contribution in [-0.4, -0.2) is 28.5 Å². The fourth-order valence-corrected chi connectivity index (χ4v) is 4.32. The van der Waals surface area contributed by atoms with Gasteiger partial charge in [-0.1, -0.05) is 26.0 Å². The van der Waals surface area contributed by atoms with E-state index in [2.05, 4.69) is 5.32 Å². The van der Waals surface area contributed by atoms with Crippen molar-refractivity contribution in [2.24, 2.45) is 5.92 Å². The first kappa shape index (κ1) is 18.5. The summed E-state index contributed by atoms with van der Waals surface area (Å²) in [6.45, 7) is 3.86. The van der Waals surface area contributed by atoms with Crippen LogP contribution in [0.15, 0.2) is 47.1 Å². The quantitative estimate of drug-likeness (QED) is 0.869. The highest BCUT2D eigenvalue weighted by Gasteiger charge is 2.42. The van der Waals surface area contributed by atoms with Gasteiger partial charge in [0.1, 0.15) is 23.0 Å². The number of carbonyl (C=O) groups is 2. The van der Waals surface area contributed by atoms with Crippen molar-refractivity contribution in [3.8, 4) is 0 Å². The van der Waals surface area contributed by atoms with E-state index < -0.39 is 6.04 Å². The van der Waals surface area contributed by atoms with Crippen molar-refractivity contribution in [3.63, 3.8) is 0 Å². The van der Waals surface area contributed by atoms with Gasteiger partial charge in [-0.15, -0.1) is 11.8 Å². The summed E-state index contributed by atoms with van der Waals surface area (Å²) in [6.07, 6.45) is 1.54. The lowest BCUT2D eigenvalue weighted by Crippen LogP contribution is -2.49. The highest BCUT2D eigenvalue weighted by atomic mass is 32.2. The predicted octanol–water partition coefficient (Wildman–Crippen LogP) is 3.33. The van der Waals surface area contributed by atoms with Crippen LogP contribution in [0.5, 0.6) is 0 Å². The number of nitrogens with zero attached hydrogens (tertiary/aromatic N) is 1. The standard InChI is InChI=1S/C19H21FN2O3S/c1-12(2)18(24)22-16(17(23)21-10-15-7-4-8-25-15)11-26-19(22)13-5-3-6-14(20)9-13/h3-9,12,16,19H,10-11H2,1-2H3,(H,21,23). The summed E-state index contributed by atoms with van der Waals surface area (Å²) in [5, 5.41) is 2.45. The lowest BCUT2D eigenvalue weighted by Gasteiger charge is -2.30. The molecule has 1 aliphatic heterocycles. The Bertz CT molecular complexity index is 779. The molecule has 1 aliphatic rings. The van der Waals surface area contributed by atoms with Crippen molar-refractivity contribution in [3.05, 3.63) is 59.8 Å². The molecule has 1 aromatic heterocycles. The summed E-state index contributed by atoms with van der Waals surface area (Å²) in [7, 11) is 0. The molecule has 138 valence electrons. The molecule has 0 aliphatic carbocycles. The largest absolute Gasteiger partial charge is 0.467 e. The Kier molecular flexibility index (Phi) is 5.66. The maximum atomic E-state index is 13.6. The van der Waals surface area contributed by atoms with Crippen molar-refractivity contribution >= 4 is 23.6 Å². The van der Waals surface area contributed by atoms with Crippen LogP contribution in [0.1, 0.15) is 30.5 Å². The Morgan fingerprint density at radius 3 is 2.81 bits per heavy atom. The van der Waals surface area contributed by atoms with Gasteiger partial charge in [-0.25, -0.2) is 4.39 Å². The lowest BCUT2D eigenvalue weighted by molar-refractivity contribution is -0.142. The summed E-state index contributed by atoms with van der Waals surface area (Å²) in [5.41, 5.74) is 0.685. The van der Waals surface area contributed by atoms with Crippen LogP contribution < -0.4 is 5.32 Å². The maximum absolute atomic E-state index is 13.6. The molecule has 2 unspecified atom stereocenters. The van der Waals surface area contributed by atoms with Crippen LogP contribution in [-0.2, 0) is 16.1 Å². The van der Waals surface area contributed by atoms with Crippen LogP contribution in [0, 0.1) is 11.7 Å². The van der Waals surface area contributed by atoms with E-state index in [0.29, 0.717) is 17.1 Å². The van der Waals surface area contributed by atoms with Crippen LogP contribution in [0.4, 0.5) is 4.39 Å². The van der Waals surface area contributed by atoms with Gasteiger partial charge in [0, 0.05) is 11.7 Å². The number of hydrogen-bond acceptors (Lipinski definition) is 4. The van der Waals surface area contributed by atoms with Gasteiger partial charge in [-0.2, -0.15) is 0 Å². The number of nitrogens with one attached hydrogen (secondary N) is 1. The van der Waals surface area contributed by atoms with E-state index in [1.54, 1.807) is 49.3 Å². The molecule has 1 saturated heterocycles. The summed E-state index contributed by atoms with van der Waals surface area (Å²) in [5.74, 6) is 0.136. The molecule has 5 nitrogen and oxygen atoms in total. The number of halogens is 1. The molecule has 2 heterocycles. The highest BCUT2D eigenvalue weighted by Crippen LogP contribution is 2.42. The second-order valence-electron chi connectivity index (χ2n) is 6.45. The Hall–Kier alpha value is -2.28. The number of amides is 2. The zero-order valence-corrected chi connectivity index (χ0v) is 15.5. The first-order chi connectivity index (χ1) is 12.5. The first-order valence-electron chi connectivity index (χ1n) is 8.46. The molecule has 2 aromatic rings. The zero-order valence-electron chi connectivity index (χ0n) is 14.6. The number of thioether (sulfide) groups is 1. The van der Waals surface area contributed by atoms with Crippen molar-refractivity contribution in [2.75, 3.05) is 5.75 Å². The summed E-state index contributed by atoms with van der Waals surface area (Å²) in [4.78, 5) is 27.1. The molecule has 7 heteroatoms. The van der Waals surface area contributed by atoms with Crippen molar-refractivity contribution in [2.45, 2.75) is 31.8 Å². The first-order valence-corrected chi connectivity index (χ1v) is 9.51. The molecule has 1 aromatic carbocycles. The fraction of sp³-hybridized carbons (Fsp3) is 0.368. The van der Waals surface area contributed by atoms with E-state index >= 15 is 0 Å². The number of carbonyl (C=O) groups excluding carboxylic acids is 2. The average Bonchev–Trinajstić information content (AvgIpc) is 3.28. The van der Waals surface area contributed by atoms with Gasteiger partial charge < -0.3 is 14.6 Å². The van der Waals surface area contributed by atoms with Gasteiger partial charge in [0.15, 0.2) is 0 Å². The number of rotatable bonds is 5. The zero-order chi connectivity index (χ0) is 18.7. The minimum Gasteiger partial charge on any atom is -0.467 e. The van der Waals surface area contributed by atoms with E-state index in [1.807, 2.05) is 0 Å². The number of hydrogen-bond donors (Lipinski definition) is 1. The van der Waals surface area contributed by atoms with E-state index in [1.165, 1.54) is 23.9 Å². The maximum Gasteiger partial charge on any atom is 0.244 e.